The van der Waals surface area contributed by atoms with Crippen molar-refractivity contribution in [1.29, 1.82) is 0 Å². The summed E-state index contributed by atoms with van der Waals surface area (Å²) in [6.45, 7) is 0. The summed E-state index contributed by atoms with van der Waals surface area (Å²) in [6.07, 6.45) is 2.22. The molecular formula is C6H8ClN3O4S2. The van der Waals surface area contributed by atoms with E-state index in [1.54, 1.807) is 0 Å². The van der Waals surface area contributed by atoms with Gasteiger partial charge in [0, 0.05) is 0 Å². The van der Waals surface area contributed by atoms with Crippen molar-refractivity contribution < 1.29 is 16.8 Å². The van der Waals surface area contributed by atoms with Crippen molar-refractivity contribution in [2.45, 2.75) is 5.16 Å². The Morgan fingerprint density at radius 2 is 1.62 bits per heavy atom. The minimum absolute atomic E-state index is 0.186. The zero-order valence-corrected chi connectivity index (χ0v) is 10.3. The first-order chi connectivity index (χ1) is 7.21. The molecule has 16 heavy (non-hydrogen) atoms. The molecule has 7 nitrogen and oxygen atoms in total. The van der Waals surface area contributed by atoms with Crippen molar-refractivity contribution in [1.82, 2.24) is 9.97 Å². The Labute approximate surface area is 97.6 Å². The highest BCUT2D eigenvalue weighted by molar-refractivity contribution is 7.94. The SMILES string of the molecule is NS(=O)(=O)CCS(=O)(=O)c1ncc(Cl)cn1. The minimum atomic E-state index is -3.85. The van der Waals surface area contributed by atoms with E-state index in [4.69, 9.17) is 16.7 Å². The summed E-state index contributed by atoms with van der Waals surface area (Å²) in [6, 6.07) is 0. The first kappa shape index (κ1) is 13.3. The van der Waals surface area contributed by atoms with E-state index in [1.165, 1.54) is 0 Å². The molecule has 0 saturated heterocycles. The van der Waals surface area contributed by atoms with Gasteiger partial charge in [-0.15, -0.1) is 0 Å². The molecule has 0 aliphatic heterocycles. The van der Waals surface area contributed by atoms with Gasteiger partial charge in [0.15, 0.2) is 0 Å². The van der Waals surface area contributed by atoms with Crippen LogP contribution in [0.25, 0.3) is 0 Å². The van der Waals surface area contributed by atoms with Crippen molar-refractivity contribution in [3.8, 4) is 0 Å². The summed E-state index contributed by atoms with van der Waals surface area (Å²) >= 11 is 5.48. The number of nitrogens with two attached hydrogens (primary N) is 1. The highest BCUT2D eigenvalue weighted by atomic mass is 35.5. The van der Waals surface area contributed by atoms with Crippen molar-refractivity contribution in [3.05, 3.63) is 17.4 Å². The number of aromatic nitrogens is 2. The summed E-state index contributed by atoms with van der Waals surface area (Å²) < 4.78 is 44.2. The van der Waals surface area contributed by atoms with Gasteiger partial charge in [-0.3, -0.25) is 0 Å². The number of rotatable bonds is 4. The second-order valence-corrected chi connectivity index (χ2v) is 7.04. The molecule has 1 aromatic rings. The molecule has 0 atom stereocenters. The molecule has 0 saturated carbocycles. The summed E-state index contributed by atoms with van der Waals surface area (Å²) in [7, 11) is -7.68. The average molecular weight is 286 g/mol. The Morgan fingerprint density at radius 1 is 1.12 bits per heavy atom. The fraction of sp³-hybridized carbons (Fsp3) is 0.333. The van der Waals surface area contributed by atoms with Crippen LogP contribution < -0.4 is 5.14 Å². The average Bonchev–Trinajstić information content (AvgIpc) is 2.15. The number of halogens is 1. The number of nitrogens with zero attached hydrogens (tertiary/aromatic N) is 2. The third kappa shape index (κ3) is 4.00. The summed E-state index contributed by atoms with van der Waals surface area (Å²) in [4.78, 5) is 6.97. The molecule has 90 valence electrons. The third-order valence-corrected chi connectivity index (χ3v) is 4.25. The number of hydrogen-bond acceptors (Lipinski definition) is 6. The van der Waals surface area contributed by atoms with E-state index in [0.29, 0.717) is 0 Å². The smallest absolute Gasteiger partial charge is 0.229 e. The van der Waals surface area contributed by atoms with Crippen LogP contribution in [0.5, 0.6) is 0 Å². The Bertz CT molecular complexity index is 566. The van der Waals surface area contributed by atoms with Gasteiger partial charge in [-0.1, -0.05) is 11.6 Å². The first-order valence-corrected chi connectivity index (χ1v) is 7.66. The third-order valence-electron chi connectivity index (χ3n) is 1.51. The number of hydrogen-bond donors (Lipinski definition) is 1. The van der Waals surface area contributed by atoms with Gasteiger partial charge in [-0.05, 0) is 0 Å². The zero-order valence-electron chi connectivity index (χ0n) is 7.87. The Morgan fingerprint density at radius 3 is 2.06 bits per heavy atom. The van der Waals surface area contributed by atoms with Crippen LogP contribution in [0.2, 0.25) is 5.02 Å². The van der Waals surface area contributed by atoms with E-state index in [1.807, 2.05) is 0 Å². The largest absolute Gasteiger partial charge is 0.247 e. The molecule has 10 heteroatoms. The topological polar surface area (TPSA) is 120 Å². The molecule has 0 aliphatic rings. The molecule has 0 aliphatic carbocycles. The van der Waals surface area contributed by atoms with Crippen molar-refractivity contribution >= 4 is 31.5 Å². The van der Waals surface area contributed by atoms with Crippen molar-refractivity contribution in [2.24, 2.45) is 5.14 Å². The first-order valence-electron chi connectivity index (χ1n) is 3.91. The second kappa shape index (κ2) is 4.62. The molecule has 1 rings (SSSR count). The molecule has 0 aromatic carbocycles. The van der Waals surface area contributed by atoms with Gasteiger partial charge < -0.3 is 0 Å². The zero-order chi connectivity index (χ0) is 12.4. The highest BCUT2D eigenvalue weighted by Gasteiger charge is 2.20. The van der Waals surface area contributed by atoms with Gasteiger partial charge in [0.2, 0.25) is 25.0 Å². The van der Waals surface area contributed by atoms with Crippen LogP contribution in [0.15, 0.2) is 17.6 Å². The maximum atomic E-state index is 11.5. The lowest BCUT2D eigenvalue weighted by Gasteiger charge is -2.01. The van der Waals surface area contributed by atoms with Crippen molar-refractivity contribution in [3.63, 3.8) is 0 Å². The van der Waals surface area contributed by atoms with Crippen LogP contribution >= 0.6 is 11.6 Å². The van der Waals surface area contributed by atoms with E-state index in [-0.39, 0.29) is 5.02 Å². The second-order valence-electron chi connectivity index (χ2n) is 2.87. The molecule has 1 heterocycles. The van der Waals surface area contributed by atoms with E-state index in [2.05, 4.69) is 9.97 Å². The summed E-state index contributed by atoms with van der Waals surface area (Å²) in [5, 5.41) is 4.40. The van der Waals surface area contributed by atoms with E-state index < -0.39 is 36.5 Å². The van der Waals surface area contributed by atoms with Gasteiger partial charge in [-0.2, -0.15) is 0 Å². The predicted octanol–water partition coefficient (Wildman–Crippen LogP) is -0.808. The molecule has 0 radical (unpaired) electrons. The quantitative estimate of drug-likeness (QED) is 0.723. The molecule has 0 unspecified atom stereocenters. The Kier molecular flexibility index (Phi) is 3.84. The fourth-order valence-electron chi connectivity index (χ4n) is 0.778. The van der Waals surface area contributed by atoms with Crippen LogP contribution in [0.3, 0.4) is 0 Å². The maximum absolute atomic E-state index is 11.5. The molecule has 0 fully saturated rings. The van der Waals surface area contributed by atoms with E-state index in [9.17, 15) is 16.8 Å². The van der Waals surface area contributed by atoms with E-state index in [0.717, 1.165) is 12.4 Å². The Hall–Kier alpha value is -0.770. The summed E-state index contributed by atoms with van der Waals surface area (Å²) in [5.41, 5.74) is 0. The van der Waals surface area contributed by atoms with Crippen LogP contribution in [0.1, 0.15) is 0 Å². The standard InChI is InChI=1S/C6H8ClN3O4S2/c7-5-3-9-6(10-4-5)15(11,12)1-2-16(8,13)14/h3-4H,1-2H2,(H2,8,13,14). The Balaban J connectivity index is 2.91. The molecule has 0 bridgehead atoms. The van der Waals surface area contributed by atoms with Crippen LogP contribution in [-0.2, 0) is 19.9 Å². The summed E-state index contributed by atoms with van der Waals surface area (Å²) in [5.74, 6) is -1.34. The van der Waals surface area contributed by atoms with Gasteiger partial charge in [0.1, 0.15) is 0 Å². The molecular weight excluding hydrogens is 278 g/mol. The minimum Gasteiger partial charge on any atom is -0.229 e. The van der Waals surface area contributed by atoms with Crippen LogP contribution in [0, 0.1) is 0 Å². The number of primary sulfonamides is 1. The molecule has 0 amide bonds. The number of sulfonamides is 1. The maximum Gasteiger partial charge on any atom is 0.247 e. The molecule has 1 aromatic heterocycles. The van der Waals surface area contributed by atoms with Gasteiger partial charge >= 0.3 is 0 Å². The van der Waals surface area contributed by atoms with E-state index >= 15 is 0 Å². The lowest BCUT2D eigenvalue weighted by atomic mass is 10.7. The lowest BCUT2D eigenvalue weighted by Crippen LogP contribution is -2.24. The number of sulfone groups is 1. The normalized spacial score (nSPS) is 12.6. The van der Waals surface area contributed by atoms with Gasteiger partial charge in [0.05, 0.1) is 28.9 Å². The highest BCUT2D eigenvalue weighted by Crippen LogP contribution is 2.08. The van der Waals surface area contributed by atoms with Crippen LogP contribution in [-0.4, -0.2) is 38.3 Å². The van der Waals surface area contributed by atoms with Gasteiger partial charge in [-0.25, -0.2) is 31.9 Å². The van der Waals surface area contributed by atoms with Gasteiger partial charge in [0.25, 0.3) is 0 Å². The predicted molar refractivity (Wildman–Crippen MR) is 57.1 cm³/mol. The molecule has 2 N–H and O–H groups in total. The van der Waals surface area contributed by atoms with Crippen LogP contribution in [0.4, 0.5) is 0 Å². The fourth-order valence-corrected chi connectivity index (χ4v) is 3.29. The van der Waals surface area contributed by atoms with Crippen molar-refractivity contribution in [2.75, 3.05) is 11.5 Å². The monoisotopic (exact) mass is 285 g/mol. The lowest BCUT2D eigenvalue weighted by molar-refractivity contribution is 0.582. The molecule has 0 spiro atoms.